The lowest BCUT2D eigenvalue weighted by molar-refractivity contribution is -0.139. The van der Waals surface area contributed by atoms with Crippen LogP contribution in [0.2, 0.25) is 0 Å². The number of benzene rings is 1. The predicted molar refractivity (Wildman–Crippen MR) is 92.8 cm³/mol. The van der Waals surface area contributed by atoms with Crippen molar-refractivity contribution >= 4 is 18.0 Å². The number of unbranched alkanes of at least 4 members (excludes halogenated alkanes) is 3. The van der Waals surface area contributed by atoms with Crippen LogP contribution in [0.3, 0.4) is 0 Å². The van der Waals surface area contributed by atoms with Crippen molar-refractivity contribution in [2.24, 2.45) is 0 Å². The van der Waals surface area contributed by atoms with Crippen LogP contribution in [0.15, 0.2) is 42.5 Å². The van der Waals surface area contributed by atoms with Gasteiger partial charge in [0.25, 0.3) is 0 Å². The average molecular weight is 332 g/mol. The van der Waals surface area contributed by atoms with Gasteiger partial charge in [0.2, 0.25) is 0 Å². The minimum Gasteiger partial charge on any atom is -0.494 e. The molecule has 0 atom stereocenters. The molecule has 130 valence electrons. The van der Waals surface area contributed by atoms with E-state index in [1.54, 1.807) is 6.92 Å². The van der Waals surface area contributed by atoms with Gasteiger partial charge in [-0.2, -0.15) is 0 Å². The van der Waals surface area contributed by atoms with Crippen LogP contribution in [0.5, 0.6) is 5.75 Å². The van der Waals surface area contributed by atoms with Crippen LogP contribution < -0.4 is 4.74 Å². The Morgan fingerprint density at radius 3 is 2.29 bits per heavy atom. The van der Waals surface area contributed by atoms with Gasteiger partial charge in [-0.25, -0.2) is 9.59 Å². The summed E-state index contributed by atoms with van der Waals surface area (Å²) in [4.78, 5) is 21.6. The number of hydrogen-bond acceptors (Lipinski definition) is 4. The van der Waals surface area contributed by atoms with Crippen molar-refractivity contribution in [2.45, 2.75) is 32.6 Å². The summed E-state index contributed by atoms with van der Waals surface area (Å²) in [5.74, 6) is -0.539. The quantitative estimate of drug-likeness (QED) is 0.379. The Balaban J connectivity index is 2.10. The lowest BCUT2D eigenvalue weighted by Crippen LogP contribution is -2.06. The summed E-state index contributed by atoms with van der Waals surface area (Å²) >= 11 is 0. The van der Waals surface area contributed by atoms with Crippen LogP contribution in [0, 0.1) is 0 Å². The number of carboxylic acid groups (broad SMARTS) is 1. The van der Waals surface area contributed by atoms with Gasteiger partial charge in [0.1, 0.15) is 5.75 Å². The summed E-state index contributed by atoms with van der Waals surface area (Å²) in [6.45, 7) is 6.21. The zero-order chi connectivity index (χ0) is 17.8. The molecule has 0 bridgehead atoms. The van der Waals surface area contributed by atoms with Crippen LogP contribution >= 0.6 is 0 Å². The second kappa shape index (κ2) is 11.0. The van der Waals surface area contributed by atoms with Crippen molar-refractivity contribution in [3.63, 3.8) is 0 Å². The zero-order valence-corrected chi connectivity index (χ0v) is 14.0. The van der Waals surface area contributed by atoms with Gasteiger partial charge in [0, 0.05) is 11.6 Å². The van der Waals surface area contributed by atoms with Crippen molar-refractivity contribution in [2.75, 3.05) is 13.2 Å². The summed E-state index contributed by atoms with van der Waals surface area (Å²) < 4.78 is 10.6. The lowest BCUT2D eigenvalue weighted by atomic mass is 10.2. The fraction of sp³-hybridized carbons (Fsp3) is 0.368. The molecule has 0 unspecified atom stereocenters. The van der Waals surface area contributed by atoms with Gasteiger partial charge < -0.3 is 14.6 Å². The van der Waals surface area contributed by atoms with Gasteiger partial charge in [0.15, 0.2) is 0 Å². The Morgan fingerprint density at radius 2 is 1.71 bits per heavy atom. The van der Waals surface area contributed by atoms with Gasteiger partial charge in [-0.15, -0.1) is 0 Å². The standard InChI is InChI=1S/C19H24O5/c1-15(2)19(22)24-14-6-4-3-5-13-23-17-10-7-16(8-11-17)9-12-18(20)21/h7-12H,1,3-6,13-14H2,2H3,(H,20,21)/b12-9+. The van der Waals surface area contributed by atoms with E-state index in [0.29, 0.717) is 18.8 Å². The Labute approximate surface area is 142 Å². The van der Waals surface area contributed by atoms with E-state index in [4.69, 9.17) is 14.6 Å². The van der Waals surface area contributed by atoms with Gasteiger partial charge in [-0.05, 0) is 56.4 Å². The van der Waals surface area contributed by atoms with Crippen LogP contribution in [0.1, 0.15) is 38.2 Å². The van der Waals surface area contributed by atoms with Crippen molar-refractivity contribution in [3.8, 4) is 5.75 Å². The summed E-state index contributed by atoms with van der Waals surface area (Å²) in [5.41, 5.74) is 1.24. The molecular formula is C19H24O5. The van der Waals surface area contributed by atoms with E-state index in [2.05, 4.69) is 6.58 Å². The van der Waals surface area contributed by atoms with Crippen LogP contribution in [-0.4, -0.2) is 30.3 Å². The average Bonchev–Trinajstić information content (AvgIpc) is 2.56. The van der Waals surface area contributed by atoms with Gasteiger partial charge >= 0.3 is 11.9 Å². The monoisotopic (exact) mass is 332 g/mol. The number of carbonyl (C=O) groups is 2. The summed E-state index contributed by atoms with van der Waals surface area (Å²) in [5, 5.41) is 8.56. The highest BCUT2D eigenvalue weighted by Gasteiger charge is 2.01. The van der Waals surface area contributed by atoms with Crippen LogP contribution in [0.4, 0.5) is 0 Å². The summed E-state index contributed by atoms with van der Waals surface area (Å²) in [6, 6.07) is 7.26. The topological polar surface area (TPSA) is 72.8 Å². The fourth-order valence-corrected chi connectivity index (χ4v) is 1.88. The number of aliphatic carboxylic acids is 1. The molecular weight excluding hydrogens is 308 g/mol. The normalized spacial score (nSPS) is 10.5. The Bertz CT molecular complexity index is 572. The molecule has 0 aliphatic carbocycles. The van der Waals surface area contributed by atoms with Crippen molar-refractivity contribution in [1.29, 1.82) is 0 Å². The summed E-state index contributed by atoms with van der Waals surface area (Å²) in [7, 11) is 0. The zero-order valence-electron chi connectivity index (χ0n) is 14.0. The number of ether oxygens (including phenoxy) is 2. The maximum absolute atomic E-state index is 11.2. The Kier molecular flexibility index (Phi) is 8.97. The Morgan fingerprint density at radius 1 is 1.08 bits per heavy atom. The van der Waals surface area contributed by atoms with Crippen LogP contribution in [-0.2, 0) is 14.3 Å². The maximum Gasteiger partial charge on any atom is 0.333 e. The molecule has 1 rings (SSSR count). The van der Waals surface area contributed by atoms with E-state index in [0.717, 1.165) is 43.1 Å². The fourth-order valence-electron chi connectivity index (χ4n) is 1.88. The minimum atomic E-state index is -0.968. The SMILES string of the molecule is C=C(C)C(=O)OCCCCCCOc1ccc(/C=C/C(=O)O)cc1. The van der Waals surface area contributed by atoms with Gasteiger partial charge in [-0.1, -0.05) is 18.7 Å². The van der Waals surface area contributed by atoms with E-state index in [1.807, 2.05) is 24.3 Å². The lowest BCUT2D eigenvalue weighted by Gasteiger charge is -2.07. The smallest absolute Gasteiger partial charge is 0.333 e. The highest BCUT2D eigenvalue weighted by Crippen LogP contribution is 2.14. The number of hydrogen-bond donors (Lipinski definition) is 1. The molecule has 0 saturated heterocycles. The molecule has 1 aromatic rings. The van der Waals surface area contributed by atoms with E-state index in [-0.39, 0.29) is 5.97 Å². The van der Waals surface area contributed by atoms with Crippen molar-refractivity contribution < 1.29 is 24.2 Å². The molecule has 1 aromatic carbocycles. The number of esters is 1. The maximum atomic E-state index is 11.2. The molecule has 0 radical (unpaired) electrons. The molecule has 0 saturated carbocycles. The molecule has 0 fully saturated rings. The van der Waals surface area contributed by atoms with Crippen molar-refractivity contribution in [3.05, 3.63) is 48.1 Å². The first-order chi connectivity index (χ1) is 11.5. The molecule has 0 amide bonds. The second-order valence-corrected chi connectivity index (χ2v) is 5.42. The minimum absolute atomic E-state index is 0.333. The highest BCUT2D eigenvalue weighted by molar-refractivity contribution is 5.86. The number of rotatable bonds is 11. The molecule has 5 heteroatoms. The van der Waals surface area contributed by atoms with E-state index >= 15 is 0 Å². The molecule has 1 N–H and O–H groups in total. The number of carbonyl (C=O) groups excluding carboxylic acids is 1. The molecule has 0 spiro atoms. The summed E-state index contributed by atoms with van der Waals surface area (Å²) in [6.07, 6.45) is 6.38. The Hall–Kier alpha value is -2.56. The van der Waals surface area contributed by atoms with Crippen molar-refractivity contribution in [1.82, 2.24) is 0 Å². The molecule has 0 aliphatic rings. The largest absolute Gasteiger partial charge is 0.494 e. The van der Waals surface area contributed by atoms with E-state index < -0.39 is 5.97 Å². The van der Waals surface area contributed by atoms with E-state index in [9.17, 15) is 9.59 Å². The predicted octanol–water partition coefficient (Wildman–Crippen LogP) is 3.84. The number of carboxylic acids is 1. The first kappa shape index (κ1) is 19.5. The van der Waals surface area contributed by atoms with E-state index in [1.165, 1.54) is 6.08 Å². The molecule has 0 aliphatic heterocycles. The third-order valence-electron chi connectivity index (χ3n) is 3.19. The molecule has 5 nitrogen and oxygen atoms in total. The van der Waals surface area contributed by atoms with Gasteiger partial charge in [-0.3, -0.25) is 0 Å². The molecule has 0 aromatic heterocycles. The van der Waals surface area contributed by atoms with Crippen LogP contribution in [0.25, 0.3) is 6.08 Å². The third kappa shape index (κ3) is 8.78. The first-order valence-corrected chi connectivity index (χ1v) is 7.95. The second-order valence-electron chi connectivity index (χ2n) is 5.42. The first-order valence-electron chi connectivity index (χ1n) is 7.95. The highest BCUT2D eigenvalue weighted by atomic mass is 16.5. The molecule has 0 heterocycles. The van der Waals surface area contributed by atoms with Gasteiger partial charge in [0.05, 0.1) is 13.2 Å². The molecule has 24 heavy (non-hydrogen) atoms. The third-order valence-corrected chi connectivity index (χ3v) is 3.19.